The van der Waals surface area contributed by atoms with Gasteiger partial charge in [0.05, 0.1) is 10.9 Å². The lowest BCUT2D eigenvalue weighted by molar-refractivity contribution is -0.123. The summed E-state index contributed by atoms with van der Waals surface area (Å²) < 4.78 is 6.20. The van der Waals surface area contributed by atoms with Crippen LogP contribution in [0.5, 0.6) is 5.75 Å². The summed E-state index contributed by atoms with van der Waals surface area (Å²) in [5, 5.41) is 3.39. The molecule has 0 unspecified atom stereocenters. The van der Waals surface area contributed by atoms with Crippen LogP contribution in [-0.2, 0) is 9.59 Å². The first-order valence-electron chi connectivity index (χ1n) is 10.9. The Labute approximate surface area is 219 Å². The maximum atomic E-state index is 13.1. The number of benzene rings is 3. The molecule has 1 aliphatic heterocycles. The summed E-state index contributed by atoms with van der Waals surface area (Å²) in [6, 6.07) is 22.2. The Hall–Kier alpha value is -3.13. The number of ether oxygens (including phenoxy) is 1. The molecule has 178 valence electrons. The van der Waals surface area contributed by atoms with Gasteiger partial charge in [0.15, 0.2) is 6.61 Å². The summed E-state index contributed by atoms with van der Waals surface area (Å²) in [4.78, 5) is 27.7. The molecule has 0 radical (unpaired) electrons. The first kappa shape index (κ1) is 25.0. The topological polar surface area (TPSA) is 58.6 Å². The molecule has 3 aromatic rings. The first-order valence-corrected chi connectivity index (χ1v) is 12.5. The molecule has 5 nitrogen and oxygen atoms in total. The molecule has 0 aliphatic carbocycles. The molecular weight excluding hydrogens is 500 g/mol. The van der Waals surface area contributed by atoms with Crippen molar-refractivity contribution in [3.63, 3.8) is 0 Å². The van der Waals surface area contributed by atoms with Gasteiger partial charge in [0.25, 0.3) is 11.8 Å². The van der Waals surface area contributed by atoms with Crippen LogP contribution >= 0.6 is 35.6 Å². The van der Waals surface area contributed by atoms with Gasteiger partial charge in [-0.2, -0.15) is 0 Å². The van der Waals surface area contributed by atoms with Crippen molar-refractivity contribution in [3.05, 3.63) is 99.4 Å². The number of thiocarbonyl (C=S) groups is 1. The summed E-state index contributed by atoms with van der Waals surface area (Å²) in [5.74, 6) is 0.0975. The molecule has 1 fully saturated rings. The Morgan fingerprint density at radius 1 is 1.14 bits per heavy atom. The molecule has 0 spiro atoms. The lowest BCUT2D eigenvalue weighted by Gasteiger charge is -2.23. The number of carbonyl (C=O) groups excluding carboxylic acids is 2. The fourth-order valence-corrected chi connectivity index (χ4v) is 5.21. The lowest BCUT2D eigenvalue weighted by Crippen LogP contribution is -2.30. The molecule has 3 aromatic carbocycles. The maximum Gasteiger partial charge on any atom is 0.266 e. The van der Waals surface area contributed by atoms with E-state index in [2.05, 4.69) is 5.32 Å². The Morgan fingerprint density at radius 2 is 1.89 bits per heavy atom. The summed E-state index contributed by atoms with van der Waals surface area (Å²) in [6.07, 6.45) is 1.79. The van der Waals surface area contributed by atoms with Crippen molar-refractivity contribution in [1.82, 2.24) is 4.90 Å². The van der Waals surface area contributed by atoms with E-state index in [1.54, 1.807) is 41.3 Å². The highest BCUT2D eigenvalue weighted by atomic mass is 35.5. The second-order valence-corrected chi connectivity index (χ2v) is 10.0. The fourth-order valence-electron chi connectivity index (χ4n) is 3.62. The van der Waals surface area contributed by atoms with Gasteiger partial charge in [0, 0.05) is 10.7 Å². The van der Waals surface area contributed by atoms with Gasteiger partial charge in [0.1, 0.15) is 10.1 Å². The van der Waals surface area contributed by atoms with Crippen molar-refractivity contribution in [2.75, 3.05) is 11.9 Å². The van der Waals surface area contributed by atoms with Crippen molar-refractivity contribution in [2.45, 2.75) is 19.9 Å². The van der Waals surface area contributed by atoms with Gasteiger partial charge in [-0.25, -0.2) is 0 Å². The average Bonchev–Trinajstić information content (AvgIpc) is 3.13. The van der Waals surface area contributed by atoms with E-state index < -0.39 is 0 Å². The van der Waals surface area contributed by atoms with Gasteiger partial charge < -0.3 is 10.1 Å². The van der Waals surface area contributed by atoms with E-state index in [-0.39, 0.29) is 24.5 Å². The highest BCUT2D eigenvalue weighted by molar-refractivity contribution is 8.26. The van der Waals surface area contributed by atoms with E-state index in [9.17, 15) is 9.59 Å². The number of nitrogens with one attached hydrogen (secondary N) is 1. The van der Waals surface area contributed by atoms with Crippen LogP contribution in [0.1, 0.15) is 29.7 Å². The molecule has 35 heavy (non-hydrogen) atoms. The van der Waals surface area contributed by atoms with Crippen molar-refractivity contribution >= 4 is 63.5 Å². The van der Waals surface area contributed by atoms with Gasteiger partial charge >= 0.3 is 0 Å². The SMILES string of the molecule is Cc1c(Cl)cccc1NC(=O)COc1cccc(/C=C2\SC(=S)N([C@H](C)c3ccccc3)C2=O)c1. The van der Waals surface area contributed by atoms with E-state index in [0.717, 1.165) is 16.7 Å². The van der Waals surface area contributed by atoms with Gasteiger partial charge in [-0.15, -0.1) is 0 Å². The second-order valence-electron chi connectivity index (χ2n) is 7.96. The standard InChI is InChI=1S/C27H23ClN2O3S2/c1-17-22(28)12-7-13-23(17)29-25(31)16-33-21-11-6-8-19(14-21)15-24-26(32)30(27(34)35-24)18(2)20-9-4-3-5-10-20/h3-15,18H,16H2,1-2H3,(H,29,31)/b24-15-/t18-/m1/s1. The van der Waals surface area contributed by atoms with Crippen molar-refractivity contribution in [1.29, 1.82) is 0 Å². The molecule has 1 atom stereocenters. The largest absolute Gasteiger partial charge is 0.484 e. The predicted octanol–water partition coefficient (Wildman–Crippen LogP) is 6.63. The zero-order valence-electron chi connectivity index (χ0n) is 19.2. The minimum Gasteiger partial charge on any atom is -0.484 e. The van der Waals surface area contributed by atoms with Crippen LogP contribution in [0.2, 0.25) is 5.02 Å². The van der Waals surface area contributed by atoms with Crippen LogP contribution in [0.15, 0.2) is 77.7 Å². The normalized spacial score (nSPS) is 15.4. The highest BCUT2D eigenvalue weighted by Gasteiger charge is 2.35. The molecule has 0 aromatic heterocycles. The number of anilines is 1. The molecule has 2 amide bonds. The van der Waals surface area contributed by atoms with Crippen LogP contribution in [-0.4, -0.2) is 27.6 Å². The van der Waals surface area contributed by atoms with Crippen LogP contribution in [0, 0.1) is 6.92 Å². The minimum atomic E-state index is -0.295. The maximum absolute atomic E-state index is 13.1. The van der Waals surface area contributed by atoms with Gasteiger partial charge in [-0.05, 0) is 60.9 Å². The molecule has 8 heteroatoms. The van der Waals surface area contributed by atoms with Gasteiger partial charge in [-0.1, -0.05) is 84.1 Å². The lowest BCUT2D eigenvalue weighted by atomic mass is 10.1. The number of halogens is 1. The average molecular weight is 523 g/mol. The Balaban J connectivity index is 1.42. The Bertz CT molecular complexity index is 1310. The summed E-state index contributed by atoms with van der Waals surface area (Å²) in [6.45, 7) is 3.64. The zero-order valence-corrected chi connectivity index (χ0v) is 21.5. The zero-order chi connectivity index (χ0) is 24.9. The molecule has 1 saturated heterocycles. The quantitative estimate of drug-likeness (QED) is 0.279. The number of carbonyl (C=O) groups is 2. The molecule has 1 aliphatic rings. The third-order valence-corrected chi connectivity index (χ3v) is 7.30. The molecule has 4 rings (SSSR count). The smallest absolute Gasteiger partial charge is 0.266 e. The Kier molecular flexibility index (Phi) is 7.90. The number of amides is 2. The molecular formula is C27H23ClN2O3S2. The number of hydrogen-bond donors (Lipinski definition) is 1. The van der Waals surface area contributed by atoms with Crippen molar-refractivity contribution < 1.29 is 14.3 Å². The van der Waals surface area contributed by atoms with Gasteiger partial charge in [0.2, 0.25) is 0 Å². The molecule has 1 N–H and O–H groups in total. The molecule has 0 saturated carbocycles. The third kappa shape index (κ3) is 5.93. The second kappa shape index (κ2) is 11.1. The van der Waals surface area contributed by atoms with Crippen LogP contribution in [0.25, 0.3) is 6.08 Å². The molecule has 1 heterocycles. The van der Waals surface area contributed by atoms with E-state index in [1.807, 2.05) is 56.3 Å². The van der Waals surface area contributed by atoms with Crippen LogP contribution < -0.4 is 10.1 Å². The van der Waals surface area contributed by atoms with E-state index >= 15 is 0 Å². The van der Waals surface area contributed by atoms with Crippen molar-refractivity contribution in [3.8, 4) is 5.75 Å². The van der Waals surface area contributed by atoms with E-state index in [1.165, 1.54) is 11.8 Å². The van der Waals surface area contributed by atoms with Gasteiger partial charge in [-0.3, -0.25) is 14.5 Å². The summed E-state index contributed by atoms with van der Waals surface area (Å²) >= 11 is 12.9. The number of thioether (sulfide) groups is 1. The van der Waals surface area contributed by atoms with E-state index in [0.29, 0.717) is 25.7 Å². The predicted molar refractivity (Wildman–Crippen MR) is 147 cm³/mol. The Morgan fingerprint density at radius 3 is 2.66 bits per heavy atom. The third-order valence-electron chi connectivity index (χ3n) is 5.56. The highest BCUT2D eigenvalue weighted by Crippen LogP contribution is 2.38. The van der Waals surface area contributed by atoms with E-state index in [4.69, 9.17) is 28.6 Å². The minimum absolute atomic E-state index is 0.126. The summed E-state index contributed by atoms with van der Waals surface area (Å²) in [5.41, 5.74) is 3.24. The van der Waals surface area contributed by atoms with Crippen LogP contribution in [0.3, 0.4) is 0 Å². The monoisotopic (exact) mass is 522 g/mol. The summed E-state index contributed by atoms with van der Waals surface area (Å²) in [7, 11) is 0. The molecule has 0 bridgehead atoms. The number of hydrogen-bond acceptors (Lipinski definition) is 5. The number of rotatable bonds is 7. The fraction of sp³-hybridized carbons (Fsp3) is 0.148. The van der Waals surface area contributed by atoms with Crippen molar-refractivity contribution in [2.24, 2.45) is 0 Å². The first-order chi connectivity index (χ1) is 16.8. The number of nitrogens with zero attached hydrogens (tertiary/aromatic N) is 1. The van der Waals surface area contributed by atoms with Crippen LogP contribution in [0.4, 0.5) is 5.69 Å².